The van der Waals surface area contributed by atoms with Crippen molar-refractivity contribution in [2.45, 2.75) is 50.7 Å². The number of hydrogen-bond acceptors (Lipinski definition) is 5. The van der Waals surface area contributed by atoms with Crippen LogP contribution in [0, 0.1) is 0 Å². The van der Waals surface area contributed by atoms with Gasteiger partial charge in [-0.1, -0.05) is 12.1 Å². The lowest BCUT2D eigenvalue weighted by Crippen LogP contribution is -2.32. The molecule has 0 aliphatic heterocycles. The standard InChI is InChI=1S/C16H19F3N4O/c1-2-11-10-12(24-23-11)4-3-8-21-15(6-7-15)14-20-9-5-13(22-14)16(17,18)19/h5,9-10,21H,2-4,6-8H2,1H3. The second-order valence-corrected chi connectivity index (χ2v) is 6.01. The molecule has 0 radical (unpaired) electrons. The SMILES string of the molecule is CCc1cc(CCCNC2(c3nccc(C(F)(F)F)n3)CC2)on1. The third kappa shape index (κ3) is 3.75. The van der Waals surface area contributed by atoms with Crippen LogP contribution in [0.3, 0.4) is 0 Å². The van der Waals surface area contributed by atoms with Gasteiger partial charge in [0.25, 0.3) is 0 Å². The maximum absolute atomic E-state index is 12.8. The van der Waals surface area contributed by atoms with Crippen LogP contribution in [0.4, 0.5) is 13.2 Å². The lowest BCUT2D eigenvalue weighted by atomic mass is 10.2. The van der Waals surface area contributed by atoms with E-state index in [1.165, 1.54) is 6.20 Å². The highest BCUT2D eigenvalue weighted by Crippen LogP contribution is 2.44. The zero-order valence-corrected chi connectivity index (χ0v) is 13.4. The molecule has 5 nitrogen and oxygen atoms in total. The molecule has 1 aliphatic carbocycles. The van der Waals surface area contributed by atoms with Gasteiger partial charge in [0.05, 0.1) is 11.2 Å². The first-order valence-corrected chi connectivity index (χ1v) is 8.03. The van der Waals surface area contributed by atoms with Gasteiger partial charge in [-0.25, -0.2) is 9.97 Å². The molecule has 1 fully saturated rings. The Morgan fingerprint density at radius 3 is 2.75 bits per heavy atom. The van der Waals surface area contributed by atoms with Crippen molar-refractivity contribution in [1.29, 1.82) is 0 Å². The molecule has 3 rings (SSSR count). The summed E-state index contributed by atoms with van der Waals surface area (Å²) < 4.78 is 43.5. The van der Waals surface area contributed by atoms with Crippen LogP contribution in [0.2, 0.25) is 0 Å². The maximum Gasteiger partial charge on any atom is 0.433 e. The van der Waals surface area contributed by atoms with Crippen molar-refractivity contribution in [2.24, 2.45) is 0 Å². The normalized spacial score (nSPS) is 16.3. The highest BCUT2D eigenvalue weighted by atomic mass is 19.4. The number of aryl methyl sites for hydroxylation is 2. The Balaban J connectivity index is 1.55. The highest BCUT2D eigenvalue weighted by molar-refractivity contribution is 5.19. The fourth-order valence-electron chi connectivity index (χ4n) is 2.58. The van der Waals surface area contributed by atoms with Gasteiger partial charge in [0.1, 0.15) is 17.3 Å². The molecule has 0 unspecified atom stereocenters. The summed E-state index contributed by atoms with van der Waals surface area (Å²) in [5.41, 5.74) is -0.486. The Labute approximate surface area is 137 Å². The number of nitrogens with zero attached hydrogens (tertiary/aromatic N) is 3. The molecule has 8 heteroatoms. The zero-order chi connectivity index (χ0) is 17.2. The van der Waals surface area contributed by atoms with Crippen LogP contribution < -0.4 is 5.32 Å². The molecule has 2 heterocycles. The number of aromatic nitrogens is 3. The molecule has 0 aromatic carbocycles. The molecule has 2 aromatic heterocycles. The largest absolute Gasteiger partial charge is 0.433 e. The molecule has 0 bridgehead atoms. The van der Waals surface area contributed by atoms with Crippen LogP contribution in [0.15, 0.2) is 22.9 Å². The average molecular weight is 340 g/mol. The zero-order valence-electron chi connectivity index (χ0n) is 13.4. The molecule has 24 heavy (non-hydrogen) atoms. The Bertz CT molecular complexity index is 695. The minimum Gasteiger partial charge on any atom is -0.361 e. The molecule has 0 spiro atoms. The molecule has 1 saturated carbocycles. The van der Waals surface area contributed by atoms with Gasteiger partial charge in [-0.15, -0.1) is 0 Å². The fourth-order valence-corrected chi connectivity index (χ4v) is 2.58. The first-order chi connectivity index (χ1) is 11.4. The van der Waals surface area contributed by atoms with E-state index < -0.39 is 17.4 Å². The van der Waals surface area contributed by atoms with Gasteiger partial charge in [-0.2, -0.15) is 13.2 Å². The third-order valence-corrected chi connectivity index (χ3v) is 4.16. The lowest BCUT2D eigenvalue weighted by molar-refractivity contribution is -0.141. The van der Waals surface area contributed by atoms with Crippen molar-refractivity contribution in [3.8, 4) is 0 Å². The van der Waals surface area contributed by atoms with E-state index in [2.05, 4.69) is 20.4 Å². The predicted molar refractivity (Wildman–Crippen MR) is 80.2 cm³/mol. The Kier molecular flexibility index (Phi) is 4.58. The third-order valence-electron chi connectivity index (χ3n) is 4.16. The van der Waals surface area contributed by atoms with Crippen molar-refractivity contribution in [3.63, 3.8) is 0 Å². The summed E-state index contributed by atoms with van der Waals surface area (Å²) in [4.78, 5) is 7.74. The Morgan fingerprint density at radius 2 is 2.12 bits per heavy atom. The van der Waals surface area contributed by atoms with E-state index in [4.69, 9.17) is 4.52 Å². The van der Waals surface area contributed by atoms with E-state index >= 15 is 0 Å². The second kappa shape index (κ2) is 6.51. The quantitative estimate of drug-likeness (QED) is 0.784. The summed E-state index contributed by atoms with van der Waals surface area (Å²) in [6.45, 7) is 2.66. The topological polar surface area (TPSA) is 63.8 Å². The van der Waals surface area contributed by atoms with E-state index in [0.717, 1.165) is 49.6 Å². The van der Waals surface area contributed by atoms with Crippen molar-refractivity contribution < 1.29 is 17.7 Å². The molecule has 0 amide bonds. The van der Waals surface area contributed by atoms with Gasteiger partial charge in [-0.05, 0) is 38.3 Å². The second-order valence-electron chi connectivity index (χ2n) is 6.01. The van der Waals surface area contributed by atoms with Gasteiger partial charge >= 0.3 is 6.18 Å². The van der Waals surface area contributed by atoms with Crippen LogP contribution in [-0.2, 0) is 24.6 Å². The van der Waals surface area contributed by atoms with E-state index in [0.29, 0.717) is 6.54 Å². The molecule has 2 aromatic rings. The monoisotopic (exact) mass is 340 g/mol. The maximum atomic E-state index is 12.8. The van der Waals surface area contributed by atoms with Crippen molar-refractivity contribution >= 4 is 0 Å². The van der Waals surface area contributed by atoms with E-state index in [1.807, 2.05) is 13.0 Å². The van der Waals surface area contributed by atoms with Gasteiger partial charge in [0.15, 0.2) is 0 Å². The number of hydrogen-bond donors (Lipinski definition) is 1. The summed E-state index contributed by atoms with van der Waals surface area (Å²) in [6.07, 6.45) is 0.592. The fraction of sp³-hybridized carbons (Fsp3) is 0.562. The van der Waals surface area contributed by atoms with Gasteiger partial charge < -0.3 is 9.84 Å². The number of halogens is 3. The molecular weight excluding hydrogens is 321 g/mol. The Morgan fingerprint density at radius 1 is 1.33 bits per heavy atom. The van der Waals surface area contributed by atoms with Crippen LogP contribution in [0.1, 0.15) is 49.2 Å². The predicted octanol–water partition coefficient (Wildman–Crippen LogP) is 3.26. The summed E-state index contributed by atoms with van der Waals surface area (Å²) in [5.74, 6) is 1.05. The average Bonchev–Trinajstić information content (AvgIpc) is 3.21. The molecule has 130 valence electrons. The molecule has 1 N–H and O–H groups in total. The molecule has 0 saturated heterocycles. The van der Waals surface area contributed by atoms with Crippen molar-refractivity contribution in [2.75, 3.05) is 6.54 Å². The van der Waals surface area contributed by atoms with Crippen molar-refractivity contribution in [1.82, 2.24) is 20.4 Å². The summed E-state index contributed by atoms with van der Waals surface area (Å²) >= 11 is 0. The highest BCUT2D eigenvalue weighted by Gasteiger charge is 2.47. The van der Waals surface area contributed by atoms with E-state index in [9.17, 15) is 13.2 Å². The van der Waals surface area contributed by atoms with Crippen molar-refractivity contribution in [3.05, 3.63) is 41.3 Å². The van der Waals surface area contributed by atoms with Crippen LogP contribution >= 0.6 is 0 Å². The Hall–Kier alpha value is -1.96. The minimum atomic E-state index is -4.45. The van der Waals surface area contributed by atoms with Gasteiger partial charge in [0.2, 0.25) is 0 Å². The first-order valence-electron chi connectivity index (χ1n) is 8.03. The van der Waals surface area contributed by atoms with Gasteiger partial charge in [0, 0.05) is 18.7 Å². The van der Waals surface area contributed by atoms with E-state index in [1.54, 1.807) is 0 Å². The summed E-state index contributed by atoms with van der Waals surface area (Å²) in [6, 6.07) is 2.83. The number of alkyl halides is 3. The summed E-state index contributed by atoms with van der Waals surface area (Å²) in [5, 5.41) is 7.23. The van der Waals surface area contributed by atoms with E-state index in [-0.39, 0.29) is 5.82 Å². The first kappa shape index (κ1) is 16.9. The van der Waals surface area contributed by atoms with Crippen LogP contribution in [0.25, 0.3) is 0 Å². The smallest absolute Gasteiger partial charge is 0.361 e. The molecular formula is C16H19F3N4O. The minimum absolute atomic E-state index is 0.227. The molecule has 1 aliphatic rings. The summed E-state index contributed by atoms with van der Waals surface area (Å²) in [7, 11) is 0. The number of nitrogens with one attached hydrogen (secondary N) is 1. The molecule has 0 atom stereocenters. The van der Waals surface area contributed by atoms with Crippen LogP contribution in [-0.4, -0.2) is 21.7 Å². The lowest BCUT2D eigenvalue weighted by Gasteiger charge is -2.17. The number of rotatable bonds is 7. The van der Waals surface area contributed by atoms with Gasteiger partial charge in [-0.3, -0.25) is 0 Å². The van der Waals surface area contributed by atoms with Crippen LogP contribution in [0.5, 0.6) is 0 Å².